The van der Waals surface area contributed by atoms with Crippen LogP contribution >= 0.6 is 0 Å². The predicted octanol–water partition coefficient (Wildman–Crippen LogP) is 6.58. The molecule has 1 aliphatic carbocycles. The van der Waals surface area contributed by atoms with E-state index < -0.39 is 0 Å². The Morgan fingerprint density at radius 2 is 1.61 bits per heavy atom. The molecule has 0 fully saturated rings. The van der Waals surface area contributed by atoms with Gasteiger partial charge in [0.1, 0.15) is 0 Å². The summed E-state index contributed by atoms with van der Waals surface area (Å²) in [4.78, 5) is 18.6. The molecule has 0 unspecified atom stereocenters. The summed E-state index contributed by atoms with van der Waals surface area (Å²) < 4.78 is 2.19. The Morgan fingerprint density at radius 1 is 0.879 bits per heavy atom. The van der Waals surface area contributed by atoms with E-state index in [-0.39, 0.29) is 17.7 Å². The lowest BCUT2D eigenvalue weighted by Crippen LogP contribution is -2.33. The number of nitrogens with zero attached hydrogens (tertiary/aromatic N) is 2. The summed E-state index contributed by atoms with van der Waals surface area (Å²) in [5, 5.41) is 3.56. The fourth-order valence-corrected chi connectivity index (χ4v) is 5.36. The first-order chi connectivity index (χ1) is 16.1. The number of imidazole rings is 1. The van der Waals surface area contributed by atoms with Crippen molar-refractivity contribution in [3.8, 4) is 0 Å². The second-order valence-electron chi connectivity index (χ2n) is 9.47. The molecule has 0 radical (unpaired) electrons. The van der Waals surface area contributed by atoms with E-state index in [2.05, 4.69) is 66.2 Å². The maximum atomic E-state index is 13.7. The van der Waals surface area contributed by atoms with Crippen molar-refractivity contribution in [2.24, 2.45) is 0 Å². The molecule has 1 aliphatic heterocycles. The van der Waals surface area contributed by atoms with Crippen molar-refractivity contribution in [2.45, 2.75) is 44.6 Å². The molecule has 0 amide bonds. The van der Waals surface area contributed by atoms with E-state index in [0.717, 1.165) is 40.2 Å². The number of aromatic nitrogens is 2. The van der Waals surface area contributed by atoms with Crippen molar-refractivity contribution in [2.75, 3.05) is 5.32 Å². The third kappa shape index (κ3) is 3.29. The number of ketones is 1. The monoisotopic (exact) mass is 433 g/mol. The number of carbonyl (C=O) groups excluding carboxylic acids is 1. The van der Waals surface area contributed by atoms with Crippen LogP contribution in [-0.2, 0) is 4.79 Å². The quantitative estimate of drug-likeness (QED) is 0.397. The molecular formula is C29H27N3O. The highest BCUT2D eigenvalue weighted by atomic mass is 16.1. The van der Waals surface area contributed by atoms with Crippen molar-refractivity contribution < 1.29 is 4.79 Å². The molecule has 2 heterocycles. The fraction of sp³-hybridized carbons (Fsp3) is 0.241. The van der Waals surface area contributed by atoms with Crippen molar-refractivity contribution in [1.82, 2.24) is 9.55 Å². The first kappa shape index (κ1) is 20.0. The summed E-state index contributed by atoms with van der Waals surface area (Å²) >= 11 is 0. The Balaban J connectivity index is 1.46. The molecule has 1 aromatic heterocycles. The lowest BCUT2D eigenvalue weighted by Gasteiger charge is -2.36. The molecule has 4 aromatic rings. The third-order valence-corrected chi connectivity index (χ3v) is 7.09. The van der Waals surface area contributed by atoms with Gasteiger partial charge in [0.25, 0.3) is 0 Å². The van der Waals surface area contributed by atoms with E-state index in [9.17, 15) is 4.79 Å². The van der Waals surface area contributed by atoms with Gasteiger partial charge in [-0.2, -0.15) is 0 Å². The van der Waals surface area contributed by atoms with Crippen LogP contribution in [0.15, 0.2) is 90.1 Å². The van der Waals surface area contributed by atoms with Crippen LogP contribution in [0.25, 0.3) is 11.0 Å². The number of Topliss-reactive ketones (excluding diaryl/α,β-unsaturated/α-hetero) is 1. The zero-order valence-electron chi connectivity index (χ0n) is 19.0. The zero-order valence-corrected chi connectivity index (χ0v) is 19.0. The van der Waals surface area contributed by atoms with Crippen molar-refractivity contribution in [3.05, 3.63) is 107 Å². The highest BCUT2D eigenvalue weighted by Gasteiger charge is 2.39. The topological polar surface area (TPSA) is 46.9 Å². The minimum Gasteiger partial charge on any atom is -0.329 e. The second kappa shape index (κ2) is 7.73. The van der Waals surface area contributed by atoms with Crippen molar-refractivity contribution in [3.63, 3.8) is 0 Å². The Hall–Kier alpha value is -3.66. The minimum absolute atomic E-state index is 0.165. The number of rotatable bonds is 3. The van der Waals surface area contributed by atoms with Gasteiger partial charge in [-0.05, 0) is 47.1 Å². The van der Waals surface area contributed by atoms with Crippen LogP contribution in [0.3, 0.4) is 0 Å². The molecule has 4 heteroatoms. The van der Waals surface area contributed by atoms with E-state index in [1.165, 1.54) is 11.1 Å². The summed E-state index contributed by atoms with van der Waals surface area (Å²) in [6.07, 6.45) is 1.35. The van der Waals surface area contributed by atoms with Gasteiger partial charge >= 0.3 is 0 Å². The van der Waals surface area contributed by atoms with Gasteiger partial charge in [-0.25, -0.2) is 4.98 Å². The maximum Gasteiger partial charge on any atom is 0.209 e. The van der Waals surface area contributed by atoms with Crippen LogP contribution < -0.4 is 5.32 Å². The maximum absolute atomic E-state index is 13.7. The summed E-state index contributed by atoms with van der Waals surface area (Å²) in [5.74, 6) is 1.71. The van der Waals surface area contributed by atoms with Crippen molar-refractivity contribution in [1.29, 1.82) is 0 Å². The number of hydrogen-bond acceptors (Lipinski definition) is 3. The number of para-hydroxylation sites is 2. The molecule has 33 heavy (non-hydrogen) atoms. The number of anilines is 1. The molecule has 0 saturated heterocycles. The smallest absolute Gasteiger partial charge is 0.209 e. The second-order valence-corrected chi connectivity index (χ2v) is 9.47. The molecule has 6 rings (SSSR count). The highest BCUT2D eigenvalue weighted by Crippen LogP contribution is 2.46. The lowest BCUT2D eigenvalue weighted by atomic mass is 9.77. The molecule has 0 saturated carbocycles. The van der Waals surface area contributed by atoms with Crippen LogP contribution in [-0.4, -0.2) is 15.3 Å². The first-order valence-corrected chi connectivity index (χ1v) is 11.7. The summed E-state index contributed by atoms with van der Waals surface area (Å²) in [7, 11) is 0. The molecular weight excluding hydrogens is 406 g/mol. The molecule has 0 bridgehead atoms. The van der Waals surface area contributed by atoms with Gasteiger partial charge in [-0.1, -0.05) is 80.6 Å². The number of carbonyl (C=O) groups is 1. The Bertz CT molecular complexity index is 1380. The molecule has 2 atom stereocenters. The predicted molar refractivity (Wildman–Crippen MR) is 132 cm³/mol. The van der Waals surface area contributed by atoms with E-state index in [1.54, 1.807) is 0 Å². The van der Waals surface area contributed by atoms with E-state index in [1.807, 2.05) is 36.4 Å². The average Bonchev–Trinajstić information content (AvgIpc) is 3.21. The van der Waals surface area contributed by atoms with Gasteiger partial charge in [0.05, 0.1) is 17.1 Å². The SMILES string of the molecule is CC(C)c1ccc([C@H]2CC(=O)C3=C(C2)Nc2nc4ccccc4n2[C@H]3c2ccccc2)cc1. The summed E-state index contributed by atoms with van der Waals surface area (Å²) in [6.45, 7) is 4.41. The van der Waals surface area contributed by atoms with Gasteiger partial charge < -0.3 is 5.32 Å². The van der Waals surface area contributed by atoms with Gasteiger partial charge in [0, 0.05) is 17.7 Å². The van der Waals surface area contributed by atoms with Crippen LogP contribution in [0.1, 0.15) is 61.3 Å². The molecule has 1 N–H and O–H groups in total. The average molecular weight is 434 g/mol. The van der Waals surface area contributed by atoms with Gasteiger partial charge in [0.2, 0.25) is 5.95 Å². The number of allylic oxidation sites excluding steroid dienone is 2. The Kier molecular flexibility index (Phi) is 4.68. The molecule has 4 nitrogen and oxygen atoms in total. The number of hydrogen-bond donors (Lipinski definition) is 1. The number of fused-ring (bicyclic) bond motifs is 3. The van der Waals surface area contributed by atoms with E-state index in [0.29, 0.717) is 12.3 Å². The number of benzene rings is 3. The van der Waals surface area contributed by atoms with E-state index >= 15 is 0 Å². The molecule has 0 spiro atoms. The van der Waals surface area contributed by atoms with Gasteiger partial charge in [-0.15, -0.1) is 0 Å². The Morgan fingerprint density at radius 3 is 2.36 bits per heavy atom. The van der Waals surface area contributed by atoms with Crippen LogP contribution in [0.4, 0.5) is 5.95 Å². The summed E-state index contributed by atoms with van der Waals surface area (Å²) in [5.41, 5.74) is 7.55. The summed E-state index contributed by atoms with van der Waals surface area (Å²) in [6, 6.07) is 27.1. The van der Waals surface area contributed by atoms with Crippen molar-refractivity contribution >= 4 is 22.8 Å². The third-order valence-electron chi connectivity index (χ3n) is 7.09. The van der Waals surface area contributed by atoms with E-state index in [4.69, 9.17) is 4.98 Å². The Labute approximate surface area is 194 Å². The number of nitrogens with one attached hydrogen (secondary N) is 1. The van der Waals surface area contributed by atoms with Crippen LogP contribution in [0.5, 0.6) is 0 Å². The van der Waals surface area contributed by atoms with Crippen LogP contribution in [0.2, 0.25) is 0 Å². The largest absolute Gasteiger partial charge is 0.329 e. The minimum atomic E-state index is -0.165. The molecule has 2 aliphatic rings. The standard InChI is InChI=1S/C29H27N3O/c1-18(2)19-12-14-20(15-13-19)22-16-24-27(26(33)17-22)28(21-8-4-3-5-9-21)32-25-11-7-6-10-23(25)30-29(32)31-24/h3-15,18,22,28H,16-17H2,1-2H3,(H,30,31)/t22-,28+/m1/s1. The van der Waals surface area contributed by atoms with Gasteiger partial charge in [-0.3, -0.25) is 9.36 Å². The fourth-order valence-electron chi connectivity index (χ4n) is 5.36. The molecule has 3 aromatic carbocycles. The molecule has 164 valence electrons. The zero-order chi connectivity index (χ0) is 22.5. The highest BCUT2D eigenvalue weighted by molar-refractivity contribution is 6.01. The van der Waals surface area contributed by atoms with Gasteiger partial charge in [0.15, 0.2) is 5.78 Å². The van der Waals surface area contributed by atoms with Crippen LogP contribution in [0, 0.1) is 0 Å². The normalized spacial score (nSPS) is 20.0. The lowest BCUT2D eigenvalue weighted by molar-refractivity contribution is -0.116. The first-order valence-electron chi connectivity index (χ1n) is 11.7.